The standard InChI is InChI=1S/C14H22N2OS/c1-11(10-13-8-5-9-17-13)15-14(18)16-12-6-3-2-4-7-12/h5,8-9,11-12H,2-4,6-7,10H2,1H3,(H2,15,16,18). The SMILES string of the molecule is CC(Cc1ccco1)NC(=S)NC1CCCCC1. The molecule has 1 unspecified atom stereocenters. The van der Waals surface area contributed by atoms with E-state index < -0.39 is 0 Å². The topological polar surface area (TPSA) is 37.2 Å². The van der Waals surface area contributed by atoms with E-state index in [0.717, 1.165) is 17.3 Å². The van der Waals surface area contributed by atoms with Gasteiger partial charge in [0.25, 0.3) is 0 Å². The second kappa shape index (κ2) is 6.78. The maximum absolute atomic E-state index is 5.35. The summed E-state index contributed by atoms with van der Waals surface area (Å²) in [5.41, 5.74) is 0. The minimum Gasteiger partial charge on any atom is -0.469 e. The highest BCUT2D eigenvalue weighted by atomic mass is 32.1. The lowest BCUT2D eigenvalue weighted by molar-refractivity contribution is 0.409. The molecule has 0 saturated heterocycles. The van der Waals surface area contributed by atoms with E-state index in [2.05, 4.69) is 17.6 Å². The summed E-state index contributed by atoms with van der Waals surface area (Å²) < 4.78 is 5.33. The molecule has 1 aromatic rings. The van der Waals surface area contributed by atoms with Gasteiger partial charge in [-0.1, -0.05) is 19.3 Å². The Kier molecular flexibility index (Phi) is 5.05. The first-order valence-corrected chi connectivity index (χ1v) is 7.24. The molecule has 1 aromatic heterocycles. The van der Waals surface area contributed by atoms with E-state index in [1.165, 1.54) is 32.1 Å². The summed E-state index contributed by atoms with van der Waals surface area (Å²) in [7, 11) is 0. The zero-order valence-electron chi connectivity index (χ0n) is 10.9. The summed E-state index contributed by atoms with van der Waals surface area (Å²) in [6.45, 7) is 2.12. The van der Waals surface area contributed by atoms with Gasteiger partial charge in [0.2, 0.25) is 0 Å². The fourth-order valence-corrected chi connectivity index (χ4v) is 2.85. The highest BCUT2D eigenvalue weighted by molar-refractivity contribution is 7.80. The number of hydrogen-bond donors (Lipinski definition) is 2. The van der Waals surface area contributed by atoms with Crippen LogP contribution in [0.2, 0.25) is 0 Å². The van der Waals surface area contributed by atoms with Crippen molar-refractivity contribution < 1.29 is 4.42 Å². The van der Waals surface area contributed by atoms with Crippen LogP contribution >= 0.6 is 12.2 Å². The third-order valence-electron chi connectivity index (χ3n) is 3.41. The minimum absolute atomic E-state index is 0.291. The average molecular weight is 266 g/mol. The molecular formula is C14H22N2OS. The van der Waals surface area contributed by atoms with Crippen LogP contribution in [0.3, 0.4) is 0 Å². The van der Waals surface area contributed by atoms with Crippen molar-refractivity contribution >= 4 is 17.3 Å². The molecule has 1 fully saturated rings. The van der Waals surface area contributed by atoms with Crippen LogP contribution in [0.5, 0.6) is 0 Å². The van der Waals surface area contributed by atoms with E-state index in [1.807, 2.05) is 12.1 Å². The monoisotopic (exact) mass is 266 g/mol. The third-order valence-corrected chi connectivity index (χ3v) is 3.64. The van der Waals surface area contributed by atoms with E-state index in [-0.39, 0.29) is 0 Å². The van der Waals surface area contributed by atoms with Gasteiger partial charge in [0.1, 0.15) is 5.76 Å². The normalized spacial score (nSPS) is 18.3. The summed E-state index contributed by atoms with van der Waals surface area (Å²) in [5.74, 6) is 0.996. The first-order chi connectivity index (χ1) is 8.74. The molecule has 1 aliphatic carbocycles. The van der Waals surface area contributed by atoms with Crippen molar-refractivity contribution in [3.8, 4) is 0 Å². The highest BCUT2D eigenvalue weighted by Crippen LogP contribution is 2.17. The molecule has 18 heavy (non-hydrogen) atoms. The molecule has 0 aromatic carbocycles. The van der Waals surface area contributed by atoms with Gasteiger partial charge in [-0.05, 0) is 44.1 Å². The van der Waals surface area contributed by atoms with Gasteiger partial charge in [0.15, 0.2) is 5.11 Å². The van der Waals surface area contributed by atoms with Gasteiger partial charge in [0.05, 0.1) is 6.26 Å². The zero-order chi connectivity index (χ0) is 12.8. The molecule has 0 bridgehead atoms. The van der Waals surface area contributed by atoms with Crippen molar-refractivity contribution in [3.05, 3.63) is 24.2 Å². The maximum atomic E-state index is 5.35. The summed E-state index contributed by atoms with van der Waals surface area (Å²) in [5, 5.41) is 7.52. The Hall–Kier alpha value is -1.03. The Balaban J connectivity index is 1.69. The molecule has 0 spiro atoms. The van der Waals surface area contributed by atoms with Gasteiger partial charge in [-0.2, -0.15) is 0 Å². The Labute approximate surface area is 114 Å². The number of rotatable bonds is 4. The Bertz CT molecular complexity index is 358. The van der Waals surface area contributed by atoms with Crippen molar-refractivity contribution in [2.24, 2.45) is 0 Å². The smallest absolute Gasteiger partial charge is 0.166 e. The number of hydrogen-bond acceptors (Lipinski definition) is 2. The largest absolute Gasteiger partial charge is 0.469 e. The molecule has 2 rings (SSSR count). The highest BCUT2D eigenvalue weighted by Gasteiger charge is 2.15. The van der Waals surface area contributed by atoms with Crippen LogP contribution in [0.1, 0.15) is 44.8 Å². The van der Waals surface area contributed by atoms with Gasteiger partial charge in [0, 0.05) is 18.5 Å². The Morgan fingerprint density at radius 3 is 2.89 bits per heavy atom. The maximum Gasteiger partial charge on any atom is 0.166 e. The van der Waals surface area contributed by atoms with Gasteiger partial charge >= 0.3 is 0 Å². The molecule has 1 atom stereocenters. The van der Waals surface area contributed by atoms with Crippen LogP contribution in [-0.4, -0.2) is 17.2 Å². The second-order valence-electron chi connectivity index (χ2n) is 5.14. The third kappa shape index (κ3) is 4.33. The lowest BCUT2D eigenvalue weighted by Crippen LogP contribution is -2.46. The average Bonchev–Trinajstić information content (AvgIpc) is 2.82. The van der Waals surface area contributed by atoms with Crippen LogP contribution < -0.4 is 10.6 Å². The lowest BCUT2D eigenvalue weighted by atomic mass is 9.96. The van der Waals surface area contributed by atoms with E-state index in [0.29, 0.717) is 12.1 Å². The Morgan fingerprint density at radius 2 is 2.22 bits per heavy atom. The lowest BCUT2D eigenvalue weighted by Gasteiger charge is -2.25. The van der Waals surface area contributed by atoms with Crippen molar-refractivity contribution in [1.82, 2.24) is 10.6 Å². The molecule has 100 valence electrons. The van der Waals surface area contributed by atoms with E-state index in [4.69, 9.17) is 16.6 Å². The summed E-state index contributed by atoms with van der Waals surface area (Å²) >= 11 is 5.35. The van der Waals surface area contributed by atoms with Crippen molar-refractivity contribution in [1.29, 1.82) is 0 Å². The first-order valence-electron chi connectivity index (χ1n) is 6.83. The van der Waals surface area contributed by atoms with Crippen LogP contribution in [0.25, 0.3) is 0 Å². The number of nitrogens with one attached hydrogen (secondary N) is 2. The summed E-state index contributed by atoms with van der Waals surface area (Å²) in [6.07, 6.45) is 9.07. The predicted octanol–water partition coefficient (Wildman–Crippen LogP) is 3.01. The van der Waals surface area contributed by atoms with E-state index in [1.54, 1.807) is 6.26 Å². The minimum atomic E-state index is 0.291. The van der Waals surface area contributed by atoms with Crippen LogP contribution in [0.4, 0.5) is 0 Å². The molecular weight excluding hydrogens is 244 g/mol. The molecule has 2 N–H and O–H groups in total. The quantitative estimate of drug-likeness (QED) is 0.822. The molecule has 1 heterocycles. The van der Waals surface area contributed by atoms with Crippen LogP contribution in [0.15, 0.2) is 22.8 Å². The summed E-state index contributed by atoms with van der Waals surface area (Å²) in [6, 6.07) is 4.77. The fourth-order valence-electron chi connectivity index (χ4n) is 2.48. The molecule has 1 aliphatic rings. The molecule has 4 heteroatoms. The molecule has 1 saturated carbocycles. The van der Waals surface area contributed by atoms with Crippen LogP contribution in [-0.2, 0) is 6.42 Å². The molecule has 0 aliphatic heterocycles. The van der Waals surface area contributed by atoms with Crippen molar-refractivity contribution in [2.45, 2.75) is 57.5 Å². The van der Waals surface area contributed by atoms with Gasteiger partial charge in [-0.3, -0.25) is 0 Å². The number of furan rings is 1. The van der Waals surface area contributed by atoms with Crippen LogP contribution in [0, 0.1) is 0 Å². The number of thiocarbonyl (C=S) groups is 1. The molecule has 3 nitrogen and oxygen atoms in total. The Morgan fingerprint density at radius 1 is 1.44 bits per heavy atom. The van der Waals surface area contributed by atoms with Gasteiger partial charge in [-0.15, -0.1) is 0 Å². The predicted molar refractivity (Wildman–Crippen MR) is 77.6 cm³/mol. The second-order valence-corrected chi connectivity index (χ2v) is 5.55. The van der Waals surface area contributed by atoms with E-state index >= 15 is 0 Å². The van der Waals surface area contributed by atoms with Gasteiger partial charge in [-0.25, -0.2) is 0 Å². The van der Waals surface area contributed by atoms with Crippen molar-refractivity contribution in [3.63, 3.8) is 0 Å². The molecule has 0 amide bonds. The summed E-state index contributed by atoms with van der Waals surface area (Å²) in [4.78, 5) is 0. The molecule has 0 radical (unpaired) electrons. The van der Waals surface area contributed by atoms with Crippen molar-refractivity contribution in [2.75, 3.05) is 0 Å². The first kappa shape index (κ1) is 13.4. The fraction of sp³-hybridized carbons (Fsp3) is 0.643. The van der Waals surface area contributed by atoms with E-state index in [9.17, 15) is 0 Å². The van der Waals surface area contributed by atoms with Gasteiger partial charge < -0.3 is 15.1 Å². The zero-order valence-corrected chi connectivity index (χ0v) is 11.8.